The number of nitrogens with one attached hydrogen (secondary N) is 2. The van der Waals surface area contributed by atoms with Crippen LogP contribution in [0.15, 0.2) is 59.7 Å². The van der Waals surface area contributed by atoms with Gasteiger partial charge in [0, 0.05) is 23.0 Å². The SMILES string of the molecule is O=C1NC[C@@H](c2ccccc2)[C@@H]1C(=O)NN=Cc1ccccc1Cl. The number of hydrazone groups is 1. The molecule has 5 nitrogen and oxygen atoms in total. The van der Waals surface area contributed by atoms with E-state index in [4.69, 9.17) is 11.6 Å². The Labute approximate surface area is 144 Å². The Bertz CT molecular complexity index is 777. The minimum absolute atomic E-state index is 0.200. The van der Waals surface area contributed by atoms with Crippen molar-refractivity contribution in [3.05, 3.63) is 70.7 Å². The van der Waals surface area contributed by atoms with Gasteiger partial charge in [0.2, 0.25) is 5.91 Å². The zero-order valence-electron chi connectivity index (χ0n) is 12.8. The number of halogens is 1. The summed E-state index contributed by atoms with van der Waals surface area (Å²) in [5, 5.41) is 7.20. The average Bonchev–Trinajstić information content (AvgIpc) is 2.99. The second-order valence-corrected chi connectivity index (χ2v) is 5.90. The number of rotatable bonds is 4. The fourth-order valence-corrected chi connectivity index (χ4v) is 2.93. The Morgan fingerprint density at radius 3 is 2.62 bits per heavy atom. The van der Waals surface area contributed by atoms with E-state index in [9.17, 15) is 9.59 Å². The third kappa shape index (κ3) is 3.46. The van der Waals surface area contributed by atoms with Gasteiger partial charge in [0.1, 0.15) is 5.92 Å². The molecule has 0 bridgehead atoms. The Hall–Kier alpha value is -2.66. The molecule has 0 saturated carbocycles. The van der Waals surface area contributed by atoms with Crippen LogP contribution in [0.2, 0.25) is 5.02 Å². The van der Waals surface area contributed by atoms with Crippen molar-refractivity contribution in [2.45, 2.75) is 5.92 Å². The second-order valence-electron chi connectivity index (χ2n) is 5.50. The highest BCUT2D eigenvalue weighted by molar-refractivity contribution is 6.33. The molecule has 1 saturated heterocycles. The summed E-state index contributed by atoms with van der Waals surface area (Å²) >= 11 is 6.02. The molecule has 0 aliphatic carbocycles. The molecule has 2 aromatic carbocycles. The van der Waals surface area contributed by atoms with Gasteiger partial charge in [0.05, 0.1) is 6.21 Å². The van der Waals surface area contributed by atoms with Crippen LogP contribution in [0.3, 0.4) is 0 Å². The van der Waals surface area contributed by atoms with Crippen LogP contribution in [0, 0.1) is 5.92 Å². The van der Waals surface area contributed by atoms with Crippen molar-refractivity contribution >= 4 is 29.6 Å². The first kappa shape index (κ1) is 16.2. The van der Waals surface area contributed by atoms with Crippen LogP contribution >= 0.6 is 11.6 Å². The van der Waals surface area contributed by atoms with E-state index in [-0.39, 0.29) is 11.8 Å². The molecular formula is C18H16ClN3O2. The summed E-state index contributed by atoms with van der Waals surface area (Å²) in [4.78, 5) is 24.4. The van der Waals surface area contributed by atoms with Gasteiger partial charge in [-0.1, -0.05) is 60.1 Å². The number of nitrogens with zero attached hydrogens (tertiary/aromatic N) is 1. The van der Waals surface area contributed by atoms with Crippen molar-refractivity contribution in [3.63, 3.8) is 0 Å². The van der Waals surface area contributed by atoms with Crippen LogP contribution in [0.4, 0.5) is 0 Å². The zero-order chi connectivity index (χ0) is 16.9. The molecule has 1 heterocycles. The van der Waals surface area contributed by atoms with E-state index in [2.05, 4.69) is 15.8 Å². The maximum absolute atomic E-state index is 12.4. The summed E-state index contributed by atoms with van der Waals surface area (Å²) < 4.78 is 0. The van der Waals surface area contributed by atoms with Crippen molar-refractivity contribution < 1.29 is 9.59 Å². The van der Waals surface area contributed by atoms with E-state index in [0.29, 0.717) is 17.1 Å². The molecule has 2 atom stereocenters. The quantitative estimate of drug-likeness (QED) is 0.509. The van der Waals surface area contributed by atoms with Crippen molar-refractivity contribution in [2.24, 2.45) is 11.0 Å². The van der Waals surface area contributed by atoms with E-state index in [1.807, 2.05) is 42.5 Å². The van der Waals surface area contributed by atoms with Gasteiger partial charge in [-0.3, -0.25) is 9.59 Å². The van der Waals surface area contributed by atoms with Crippen LogP contribution < -0.4 is 10.7 Å². The van der Waals surface area contributed by atoms with Crippen molar-refractivity contribution in [3.8, 4) is 0 Å². The summed E-state index contributed by atoms with van der Waals surface area (Å²) in [5.74, 6) is -1.71. The number of carbonyl (C=O) groups is 2. The number of benzene rings is 2. The minimum Gasteiger partial charge on any atom is -0.355 e. The summed E-state index contributed by atoms with van der Waals surface area (Å²) in [7, 11) is 0. The van der Waals surface area contributed by atoms with Gasteiger partial charge in [-0.25, -0.2) is 5.43 Å². The van der Waals surface area contributed by atoms with Gasteiger partial charge in [0.15, 0.2) is 0 Å². The van der Waals surface area contributed by atoms with E-state index in [1.165, 1.54) is 6.21 Å². The molecule has 0 spiro atoms. The van der Waals surface area contributed by atoms with E-state index >= 15 is 0 Å². The summed E-state index contributed by atoms with van der Waals surface area (Å²) in [6, 6.07) is 16.7. The highest BCUT2D eigenvalue weighted by atomic mass is 35.5. The first-order valence-electron chi connectivity index (χ1n) is 7.57. The molecule has 0 unspecified atom stereocenters. The van der Waals surface area contributed by atoms with Crippen molar-refractivity contribution in [1.29, 1.82) is 0 Å². The lowest BCUT2D eigenvalue weighted by Crippen LogP contribution is -2.34. The molecular weight excluding hydrogens is 326 g/mol. The molecule has 122 valence electrons. The van der Waals surface area contributed by atoms with Gasteiger partial charge < -0.3 is 5.32 Å². The number of amides is 2. The lowest BCUT2D eigenvalue weighted by Gasteiger charge is -2.15. The molecule has 24 heavy (non-hydrogen) atoms. The first-order chi connectivity index (χ1) is 11.7. The molecule has 2 amide bonds. The third-order valence-corrected chi connectivity index (χ3v) is 4.32. The van der Waals surface area contributed by atoms with Crippen molar-refractivity contribution in [2.75, 3.05) is 6.54 Å². The normalized spacial score (nSPS) is 20.1. The first-order valence-corrected chi connectivity index (χ1v) is 7.94. The molecule has 0 radical (unpaired) electrons. The molecule has 3 rings (SSSR count). The lowest BCUT2D eigenvalue weighted by molar-refractivity contribution is -0.133. The number of hydrogen-bond donors (Lipinski definition) is 2. The smallest absolute Gasteiger partial charge is 0.253 e. The third-order valence-electron chi connectivity index (χ3n) is 3.97. The standard InChI is InChI=1S/C18H16ClN3O2/c19-15-9-5-4-8-13(15)10-21-22-18(24)16-14(11-20-17(16)23)12-6-2-1-3-7-12/h1-10,14,16H,11H2,(H,20,23)(H,22,24)/t14-,16-/m0/s1. The molecule has 2 aromatic rings. The largest absolute Gasteiger partial charge is 0.355 e. The maximum atomic E-state index is 12.4. The molecule has 2 N–H and O–H groups in total. The summed E-state index contributed by atoms with van der Waals surface area (Å²) in [5.41, 5.74) is 4.08. The fraction of sp³-hybridized carbons (Fsp3) is 0.167. The number of hydrogen-bond acceptors (Lipinski definition) is 3. The molecule has 1 aliphatic rings. The van der Waals surface area contributed by atoms with Gasteiger partial charge in [0.25, 0.3) is 5.91 Å². The Kier molecular flexibility index (Phi) is 4.91. The highest BCUT2D eigenvalue weighted by Gasteiger charge is 2.40. The van der Waals surface area contributed by atoms with Crippen LogP contribution in [-0.4, -0.2) is 24.6 Å². The zero-order valence-corrected chi connectivity index (χ0v) is 13.5. The Balaban J connectivity index is 1.71. The predicted molar refractivity (Wildman–Crippen MR) is 92.9 cm³/mol. The van der Waals surface area contributed by atoms with Crippen LogP contribution in [0.25, 0.3) is 0 Å². The number of carbonyl (C=O) groups excluding carboxylic acids is 2. The fourth-order valence-electron chi connectivity index (χ4n) is 2.75. The Morgan fingerprint density at radius 2 is 1.88 bits per heavy atom. The predicted octanol–water partition coefficient (Wildman–Crippen LogP) is 2.32. The topological polar surface area (TPSA) is 70.6 Å². The van der Waals surface area contributed by atoms with Crippen LogP contribution in [-0.2, 0) is 9.59 Å². The highest BCUT2D eigenvalue weighted by Crippen LogP contribution is 2.28. The van der Waals surface area contributed by atoms with Crippen molar-refractivity contribution in [1.82, 2.24) is 10.7 Å². The minimum atomic E-state index is -0.796. The lowest BCUT2D eigenvalue weighted by atomic mass is 9.88. The van der Waals surface area contributed by atoms with Crippen LogP contribution in [0.1, 0.15) is 17.0 Å². The summed E-state index contributed by atoms with van der Waals surface area (Å²) in [6.07, 6.45) is 1.46. The average molecular weight is 342 g/mol. The van der Waals surface area contributed by atoms with Gasteiger partial charge in [-0.2, -0.15) is 5.10 Å². The maximum Gasteiger partial charge on any atom is 0.253 e. The Morgan fingerprint density at radius 1 is 1.17 bits per heavy atom. The van der Waals surface area contributed by atoms with Gasteiger partial charge >= 0.3 is 0 Å². The van der Waals surface area contributed by atoms with E-state index in [1.54, 1.807) is 12.1 Å². The molecule has 1 fully saturated rings. The second kappa shape index (κ2) is 7.27. The summed E-state index contributed by atoms with van der Waals surface area (Å²) in [6.45, 7) is 0.440. The van der Waals surface area contributed by atoms with E-state index in [0.717, 1.165) is 5.56 Å². The molecule has 0 aromatic heterocycles. The molecule has 1 aliphatic heterocycles. The van der Waals surface area contributed by atoms with Gasteiger partial charge in [-0.05, 0) is 11.6 Å². The van der Waals surface area contributed by atoms with Gasteiger partial charge in [-0.15, -0.1) is 0 Å². The van der Waals surface area contributed by atoms with Crippen LogP contribution in [0.5, 0.6) is 0 Å². The monoisotopic (exact) mass is 341 g/mol. The van der Waals surface area contributed by atoms with E-state index < -0.39 is 11.8 Å². The molecule has 6 heteroatoms.